The number of hydrogen-bond acceptors (Lipinski definition) is 5. The third-order valence-electron chi connectivity index (χ3n) is 7.23. The first kappa shape index (κ1) is 24.1. The van der Waals surface area contributed by atoms with E-state index in [9.17, 15) is 4.79 Å². The number of rotatable bonds is 6. The molecule has 8 heteroatoms. The second-order valence-electron chi connectivity index (χ2n) is 9.73. The van der Waals surface area contributed by atoms with Gasteiger partial charge in [0.1, 0.15) is 0 Å². The Kier molecular flexibility index (Phi) is 6.77. The van der Waals surface area contributed by atoms with Gasteiger partial charge in [0.15, 0.2) is 11.0 Å². The number of nitrogens with zero attached hydrogens (tertiary/aromatic N) is 5. The minimum Gasteiger partial charge on any atom is -0.342 e. The number of amides is 1. The van der Waals surface area contributed by atoms with E-state index in [-0.39, 0.29) is 5.91 Å². The lowest BCUT2D eigenvalue weighted by atomic mass is 9.94. The molecule has 5 rings (SSSR count). The lowest BCUT2D eigenvalue weighted by Crippen LogP contribution is -2.39. The molecule has 0 spiro atoms. The Morgan fingerprint density at radius 2 is 1.83 bits per heavy atom. The first-order valence-corrected chi connectivity index (χ1v) is 14.2. The van der Waals surface area contributed by atoms with Gasteiger partial charge in [0, 0.05) is 20.1 Å². The van der Waals surface area contributed by atoms with Gasteiger partial charge >= 0.3 is 0 Å². The van der Waals surface area contributed by atoms with Crippen LogP contribution in [0.4, 0.5) is 0 Å². The van der Waals surface area contributed by atoms with Crippen LogP contribution >= 0.6 is 23.1 Å². The zero-order valence-electron chi connectivity index (χ0n) is 21.2. The average molecular weight is 508 g/mol. The highest BCUT2D eigenvalue weighted by Gasteiger charge is 2.25. The summed E-state index contributed by atoms with van der Waals surface area (Å²) in [5.74, 6) is 1.33. The number of carbonyl (C=O) groups excluding carboxylic acids is 1. The van der Waals surface area contributed by atoms with Crippen LogP contribution in [0.5, 0.6) is 0 Å². The smallest absolute Gasteiger partial charge is 0.233 e. The minimum absolute atomic E-state index is 0.162. The first-order valence-electron chi connectivity index (χ1n) is 12.3. The summed E-state index contributed by atoms with van der Waals surface area (Å²) in [5, 5.41) is 12.1. The minimum atomic E-state index is 0.162. The van der Waals surface area contributed by atoms with Crippen LogP contribution < -0.4 is 0 Å². The van der Waals surface area contributed by atoms with Gasteiger partial charge in [-0.15, -0.1) is 21.5 Å². The molecular formula is C27H33N5OS2. The number of benzene rings is 1. The van der Waals surface area contributed by atoms with Crippen molar-refractivity contribution in [3.63, 3.8) is 0 Å². The van der Waals surface area contributed by atoms with Gasteiger partial charge in [-0.25, -0.2) is 0 Å². The molecule has 3 heterocycles. The fraction of sp³-hybridized carbons (Fsp3) is 0.444. The van der Waals surface area contributed by atoms with Crippen molar-refractivity contribution in [3.8, 4) is 17.2 Å². The SMILES string of the molecule is Cc1cc(C)c(-n2c(SCC(=O)N(C)C3CCCCC3)nnc2-c2cc3sccc3n2C)c(C)c1. The Labute approximate surface area is 215 Å². The largest absolute Gasteiger partial charge is 0.342 e. The summed E-state index contributed by atoms with van der Waals surface area (Å²) in [4.78, 5) is 15.1. The molecule has 0 unspecified atom stereocenters. The number of aryl methyl sites for hydroxylation is 4. The molecule has 1 saturated carbocycles. The molecule has 0 bridgehead atoms. The maximum Gasteiger partial charge on any atom is 0.233 e. The summed E-state index contributed by atoms with van der Waals surface area (Å²) < 4.78 is 5.57. The van der Waals surface area contributed by atoms with Gasteiger partial charge in [-0.05, 0) is 62.3 Å². The van der Waals surface area contributed by atoms with Gasteiger partial charge in [-0.1, -0.05) is 48.7 Å². The Hall–Kier alpha value is -2.58. The fourth-order valence-electron chi connectivity index (χ4n) is 5.42. The van der Waals surface area contributed by atoms with E-state index in [4.69, 9.17) is 0 Å². The Morgan fingerprint density at radius 3 is 2.51 bits per heavy atom. The maximum atomic E-state index is 13.1. The lowest BCUT2D eigenvalue weighted by molar-refractivity contribution is -0.129. The molecule has 184 valence electrons. The first-order chi connectivity index (χ1) is 16.8. The monoisotopic (exact) mass is 507 g/mol. The predicted octanol–water partition coefficient (Wildman–Crippen LogP) is 6.30. The highest BCUT2D eigenvalue weighted by atomic mass is 32.2. The fourth-order valence-corrected chi connectivity index (χ4v) is 7.13. The van der Waals surface area contributed by atoms with Gasteiger partial charge in [-0.2, -0.15) is 0 Å². The van der Waals surface area contributed by atoms with E-state index in [0.717, 1.165) is 35.2 Å². The van der Waals surface area contributed by atoms with E-state index in [1.165, 1.54) is 57.9 Å². The highest BCUT2D eigenvalue weighted by molar-refractivity contribution is 7.99. The van der Waals surface area contributed by atoms with Crippen LogP contribution in [0.1, 0.15) is 48.8 Å². The van der Waals surface area contributed by atoms with Gasteiger partial charge < -0.3 is 9.47 Å². The van der Waals surface area contributed by atoms with Gasteiger partial charge in [0.05, 0.1) is 27.4 Å². The van der Waals surface area contributed by atoms with Crippen molar-refractivity contribution >= 4 is 39.2 Å². The summed E-state index contributed by atoms with van der Waals surface area (Å²) in [7, 11) is 4.04. The van der Waals surface area contributed by atoms with Gasteiger partial charge in [0.25, 0.3) is 0 Å². The molecular weight excluding hydrogens is 474 g/mol. The molecule has 6 nitrogen and oxygen atoms in total. The third kappa shape index (κ3) is 4.54. The molecule has 1 aromatic carbocycles. The van der Waals surface area contributed by atoms with Crippen molar-refractivity contribution in [2.45, 2.75) is 64.1 Å². The van der Waals surface area contributed by atoms with Crippen molar-refractivity contribution in [2.24, 2.45) is 7.05 Å². The van der Waals surface area contributed by atoms with E-state index in [0.29, 0.717) is 11.8 Å². The molecule has 1 amide bonds. The zero-order valence-corrected chi connectivity index (χ0v) is 22.8. The Morgan fingerprint density at radius 1 is 1.11 bits per heavy atom. The summed E-state index contributed by atoms with van der Waals surface area (Å²) in [6.07, 6.45) is 5.94. The second kappa shape index (κ2) is 9.82. The maximum absolute atomic E-state index is 13.1. The van der Waals surface area contributed by atoms with Gasteiger partial charge in [0.2, 0.25) is 5.91 Å². The molecule has 1 fully saturated rings. The molecule has 3 aromatic heterocycles. The molecule has 1 aliphatic carbocycles. The normalized spacial score (nSPS) is 14.7. The van der Waals surface area contributed by atoms with E-state index in [1.807, 2.05) is 11.9 Å². The summed E-state index contributed by atoms with van der Waals surface area (Å²) in [5.41, 5.74) is 6.89. The molecule has 0 atom stereocenters. The van der Waals surface area contributed by atoms with Crippen LogP contribution in [0.15, 0.2) is 34.8 Å². The Bertz CT molecular complexity index is 1350. The van der Waals surface area contributed by atoms with Crippen LogP contribution in [-0.4, -0.2) is 49.0 Å². The number of thiophene rings is 1. The molecule has 0 radical (unpaired) electrons. The van der Waals surface area contributed by atoms with Crippen molar-refractivity contribution in [1.29, 1.82) is 0 Å². The quantitative estimate of drug-likeness (QED) is 0.288. The highest BCUT2D eigenvalue weighted by Crippen LogP contribution is 2.35. The van der Waals surface area contributed by atoms with Crippen LogP contribution in [0.3, 0.4) is 0 Å². The number of fused-ring (bicyclic) bond motifs is 1. The summed E-state index contributed by atoms with van der Waals surface area (Å²) in [6, 6.07) is 9.10. The number of aromatic nitrogens is 4. The van der Waals surface area contributed by atoms with Crippen molar-refractivity contribution < 1.29 is 4.79 Å². The van der Waals surface area contributed by atoms with Crippen LogP contribution in [0.2, 0.25) is 0 Å². The number of hydrogen-bond donors (Lipinski definition) is 0. The lowest BCUT2D eigenvalue weighted by Gasteiger charge is -2.31. The second-order valence-corrected chi connectivity index (χ2v) is 11.6. The van der Waals surface area contributed by atoms with Gasteiger partial charge in [-0.3, -0.25) is 9.36 Å². The zero-order chi connectivity index (χ0) is 24.7. The molecule has 0 saturated heterocycles. The number of carbonyl (C=O) groups is 1. The standard InChI is InChI=1S/C27H33N5OS2/c1-17-13-18(2)25(19(3)14-17)32-26(22-15-23-21(31(22)5)11-12-34-23)28-29-27(32)35-16-24(33)30(4)20-9-7-6-8-10-20/h11-15,20H,6-10,16H2,1-5H3. The molecule has 0 aliphatic heterocycles. The van der Waals surface area contributed by atoms with Crippen molar-refractivity contribution in [1.82, 2.24) is 24.2 Å². The third-order valence-corrected chi connectivity index (χ3v) is 8.99. The molecule has 0 N–H and O–H groups in total. The van der Waals surface area contributed by atoms with Crippen LogP contribution in [0.25, 0.3) is 27.4 Å². The summed E-state index contributed by atoms with van der Waals surface area (Å²) >= 11 is 3.22. The average Bonchev–Trinajstić information content (AvgIpc) is 3.53. The molecule has 4 aromatic rings. The van der Waals surface area contributed by atoms with E-state index in [2.05, 4.69) is 76.8 Å². The topological polar surface area (TPSA) is 56.0 Å². The van der Waals surface area contributed by atoms with Crippen LogP contribution in [-0.2, 0) is 11.8 Å². The molecule has 1 aliphatic rings. The Balaban J connectivity index is 1.52. The summed E-state index contributed by atoms with van der Waals surface area (Å²) in [6.45, 7) is 6.40. The van der Waals surface area contributed by atoms with Crippen molar-refractivity contribution in [2.75, 3.05) is 12.8 Å². The van der Waals surface area contributed by atoms with Crippen LogP contribution in [0, 0.1) is 20.8 Å². The predicted molar refractivity (Wildman–Crippen MR) is 146 cm³/mol. The molecule has 35 heavy (non-hydrogen) atoms. The van der Waals surface area contributed by atoms with E-state index < -0.39 is 0 Å². The van der Waals surface area contributed by atoms with E-state index >= 15 is 0 Å². The number of thioether (sulfide) groups is 1. The van der Waals surface area contributed by atoms with Crippen molar-refractivity contribution in [3.05, 3.63) is 46.3 Å². The van der Waals surface area contributed by atoms with E-state index in [1.54, 1.807) is 11.3 Å².